The van der Waals surface area contributed by atoms with Crippen LogP contribution in [0.4, 0.5) is 13.2 Å². The van der Waals surface area contributed by atoms with E-state index in [9.17, 15) is 13.2 Å². The number of carboxylic acid groups (broad SMARTS) is 1. The summed E-state index contributed by atoms with van der Waals surface area (Å²) in [6.45, 7) is 3.53. The summed E-state index contributed by atoms with van der Waals surface area (Å²) in [6.07, 6.45) is 1.68. The number of ether oxygens (including phenoxy) is 2. The van der Waals surface area contributed by atoms with Gasteiger partial charge in [0.25, 0.3) is 0 Å². The quantitative estimate of drug-likeness (QED) is 0.798. The predicted molar refractivity (Wildman–Crippen MR) is 98.9 cm³/mol. The van der Waals surface area contributed by atoms with Gasteiger partial charge in [-0.05, 0) is 37.6 Å². The smallest absolute Gasteiger partial charge is 0.475 e. The van der Waals surface area contributed by atoms with Gasteiger partial charge in [0.2, 0.25) is 5.88 Å². The Morgan fingerprint density at radius 2 is 2.13 bits per heavy atom. The Kier molecular flexibility index (Phi) is 6.99. The summed E-state index contributed by atoms with van der Waals surface area (Å²) in [7, 11) is 0. The highest BCUT2D eigenvalue weighted by Gasteiger charge is 2.44. The topological polar surface area (TPSA) is 85.0 Å². The van der Waals surface area contributed by atoms with Crippen LogP contribution in [0.5, 0.6) is 5.88 Å². The molecule has 4 rings (SSSR count). The Labute approximate surface area is 171 Å². The monoisotopic (exact) mass is 428 g/mol. The largest absolute Gasteiger partial charge is 0.490 e. The van der Waals surface area contributed by atoms with Crippen LogP contribution in [0, 0.1) is 0 Å². The van der Waals surface area contributed by atoms with Crippen molar-refractivity contribution in [3.63, 3.8) is 0 Å². The Morgan fingerprint density at radius 3 is 2.77 bits per heavy atom. The van der Waals surface area contributed by atoms with Gasteiger partial charge >= 0.3 is 12.1 Å². The van der Waals surface area contributed by atoms with E-state index in [-0.39, 0.29) is 11.7 Å². The van der Waals surface area contributed by atoms with Crippen LogP contribution in [0.15, 0.2) is 47.2 Å². The zero-order valence-electron chi connectivity index (χ0n) is 16.2. The van der Waals surface area contributed by atoms with E-state index in [4.69, 9.17) is 23.8 Å². The third kappa shape index (κ3) is 6.20. The van der Waals surface area contributed by atoms with Crippen molar-refractivity contribution < 1.29 is 37.0 Å². The number of piperidine rings is 1. The molecule has 2 aliphatic rings. The van der Waals surface area contributed by atoms with Gasteiger partial charge < -0.3 is 19.0 Å². The number of nitrogens with zero attached hydrogens (tertiary/aromatic N) is 2. The molecule has 1 N–H and O–H groups in total. The molecule has 0 bridgehead atoms. The summed E-state index contributed by atoms with van der Waals surface area (Å²) < 4.78 is 49.4. The lowest BCUT2D eigenvalue weighted by Gasteiger charge is -2.39. The Balaban J connectivity index is 0.000000318. The minimum atomic E-state index is -5.08. The maximum absolute atomic E-state index is 10.6. The molecule has 10 heteroatoms. The molecule has 7 nitrogen and oxygen atoms in total. The van der Waals surface area contributed by atoms with E-state index in [0.29, 0.717) is 12.5 Å². The molecule has 2 aliphatic heterocycles. The predicted octanol–water partition coefficient (Wildman–Crippen LogP) is 3.51. The van der Waals surface area contributed by atoms with E-state index >= 15 is 0 Å². The lowest BCUT2D eigenvalue weighted by Crippen LogP contribution is -2.47. The number of rotatable bonds is 4. The average Bonchev–Trinajstić information content (AvgIpc) is 3.33. The van der Waals surface area contributed by atoms with E-state index < -0.39 is 12.1 Å². The zero-order valence-corrected chi connectivity index (χ0v) is 16.2. The van der Waals surface area contributed by atoms with Crippen LogP contribution in [0.3, 0.4) is 0 Å². The number of furan rings is 1. The number of alkyl halides is 3. The van der Waals surface area contributed by atoms with Crippen LogP contribution in [0.2, 0.25) is 0 Å². The highest BCUT2D eigenvalue weighted by Crippen LogP contribution is 2.36. The molecule has 2 aromatic rings. The van der Waals surface area contributed by atoms with Gasteiger partial charge in [0, 0.05) is 25.2 Å². The molecule has 2 aromatic heterocycles. The van der Waals surface area contributed by atoms with Crippen molar-refractivity contribution >= 4 is 5.97 Å². The zero-order chi connectivity index (χ0) is 21.6. The Hall–Kier alpha value is -2.59. The fraction of sp³-hybridized carbons (Fsp3) is 0.500. The van der Waals surface area contributed by atoms with Crippen LogP contribution < -0.4 is 4.74 Å². The van der Waals surface area contributed by atoms with Gasteiger partial charge in [0.05, 0.1) is 25.0 Å². The molecule has 164 valence electrons. The molecule has 0 aliphatic carbocycles. The average molecular weight is 428 g/mol. The number of hydrogen-bond acceptors (Lipinski definition) is 6. The Bertz CT molecular complexity index is 801. The van der Waals surface area contributed by atoms with Crippen molar-refractivity contribution in [2.45, 2.75) is 43.7 Å². The van der Waals surface area contributed by atoms with Gasteiger partial charge in [-0.15, -0.1) is 0 Å². The van der Waals surface area contributed by atoms with E-state index in [1.54, 1.807) is 12.5 Å². The van der Waals surface area contributed by atoms with Crippen LogP contribution >= 0.6 is 0 Å². The van der Waals surface area contributed by atoms with Crippen LogP contribution in [0.25, 0.3) is 0 Å². The number of carbonyl (C=O) groups is 1. The van der Waals surface area contributed by atoms with Crippen molar-refractivity contribution in [1.29, 1.82) is 0 Å². The van der Waals surface area contributed by atoms with Gasteiger partial charge in [-0.25, -0.2) is 9.78 Å². The lowest BCUT2D eigenvalue weighted by molar-refractivity contribution is -0.192. The lowest BCUT2D eigenvalue weighted by atomic mass is 9.89. The summed E-state index contributed by atoms with van der Waals surface area (Å²) in [4.78, 5) is 15.6. The molecule has 1 spiro atoms. The highest BCUT2D eigenvalue weighted by atomic mass is 19.4. The molecule has 0 amide bonds. The maximum Gasteiger partial charge on any atom is 0.490 e. The second kappa shape index (κ2) is 9.48. The number of aliphatic carboxylic acids is 1. The van der Waals surface area contributed by atoms with Crippen molar-refractivity contribution in [2.24, 2.45) is 0 Å². The second-order valence-corrected chi connectivity index (χ2v) is 7.30. The molecule has 2 fully saturated rings. The maximum atomic E-state index is 10.6. The van der Waals surface area contributed by atoms with Crippen molar-refractivity contribution in [3.05, 3.63) is 48.6 Å². The SMILES string of the molecule is O=C(O)C(F)(F)F.c1ccc(O[C@H]2CO[C@@]3(CCCN(Cc4ccco4)C3)C2)nc1. The molecule has 0 unspecified atom stereocenters. The van der Waals surface area contributed by atoms with Crippen molar-refractivity contribution in [3.8, 4) is 5.88 Å². The van der Waals surface area contributed by atoms with Crippen LogP contribution in [-0.2, 0) is 16.1 Å². The van der Waals surface area contributed by atoms with Crippen molar-refractivity contribution in [1.82, 2.24) is 9.88 Å². The molecule has 0 aromatic carbocycles. The first-order valence-corrected chi connectivity index (χ1v) is 9.52. The van der Waals surface area contributed by atoms with E-state index in [2.05, 4.69) is 9.88 Å². The van der Waals surface area contributed by atoms with Crippen LogP contribution in [-0.4, -0.2) is 58.5 Å². The summed E-state index contributed by atoms with van der Waals surface area (Å²) in [5.74, 6) is -1.06. The molecular weight excluding hydrogens is 405 g/mol. The fourth-order valence-corrected chi connectivity index (χ4v) is 3.70. The summed E-state index contributed by atoms with van der Waals surface area (Å²) in [5.41, 5.74) is -0.0791. The van der Waals surface area contributed by atoms with E-state index in [0.717, 1.165) is 44.7 Å². The first-order valence-electron chi connectivity index (χ1n) is 9.52. The molecular formula is C20H23F3N2O5. The third-order valence-corrected chi connectivity index (χ3v) is 4.92. The summed E-state index contributed by atoms with van der Waals surface area (Å²) >= 11 is 0. The van der Waals surface area contributed by atoms with E-state index in [1.165, 1.54) is 0 Å². The van der Waals surface area contributed by atoms with Gasteiger partial charge in [-0.2, -0.15) is 13.2 Å². The van der Waals surface area contributed by atoms with E-state index in [1.807, 2.05) is 30.3 Å². The first kappa shape index (κ1) is 22.1. The summed E-state index contributed by atoms with van der Waals surface area (Å²) in [5, 5.41) is 7.12. The second-order valence-electron chi connectivity index (χ2n) is 7.30. The fourth-order valence-electron chi connectivity index (χ4n) is 3.70. The normalized spacial score (nSPS) is 24.3. The van der Waals surface area contributed by atoms with Gasteiger partial charge in [-0.1, -0.05) is 6.07 Å². The first-order chi connectivity index (χ1) is 14.3. The molecule has 30 heavy (non-hydrogen) atoms. The number of halogens is 3. The summed E-state index contributed by atoms with van der Waals surface area (Å²) in [6, 6.07) is 9.71. The number of aromatic nitrogens is 1. The molecule has 2 saturated heterocycles. The minimum Gasteiger partial charge on any atom is -0.475 e. The number of likely N-dealkylation sites (tertiary alicyclic amines) is 1. The molecule has 2 atom stereocenters. The molecule has 0 saturated carbocycles. The number of hydrogen-bond donors (Lipinski definition) is 1. The molecule has 4 heterocycles. The highest BCUT2D eigenvalue weighted by molar-refractivity contribution is 5.73. The van der Waals surface area contributed by atoms with Gasteiger partial charge in [-0.3, -0.25) is 4.90 Å². The minimum absolute atomic E-state index is 0.0791. The third-order valence-electron chi connectivity index (χ3n) is 4.92. The molecule has 0 radical (unpaired) electrons. The number of carboxylic acids is 1. The van der Waals surface area contributed by atoms with Gasteiger partial charge in [0.15, 0.2) is 0 Å². The number of pyridine rings is 1. The van der Waals surface area contributed by atoms with Gasteiger partial charge in [0.1, 0.15) is 11.9 Å². The standard InChI is InChI=1S/C18H22N2O3.C2HF3O2/c1-2-8-19-17(6-1)23-16-11-18(22-13-16)7-4-9-20(14-18)12-15-5-3-10-21-15;3-2(4,5)1(6)7/h1-3,5-6,8,10,16H,4,7,9,11-14H2;(H,6,7)/t16-,18+;/m1./s1. The van der Waals surface area contributed by atoms with Crippen molar-refractivity contribution in [2.75, 3.05) is 19.7 Å². The van der Waals surface area contributed by atoms with Crippen LogP contribution in [0.1, 0.15) is 25.0 Å². The Morgan fingerprint density at radius 1 is 1.33 bits per heavy atom.